The third kappa shape index (κ3) is 3.37. The Kier molecular flexibility index (Phi) is 5.13. The molecule has 2 atom stereocenters. The molecule has 3 rings (SSSR count). The molecule has 0 fully saturated rings. The summed E-state index contributed by atoms with van der Waals surface area (Å²) in [6.07, 6.45) is 2.14. The van der Waals surface area contributed by atoms with Crippen molar-refractivity contribution in [2.45, 2.75) is 25.4 Å². The molecule has 0 bridgehead atoms. The molecule has 0 spiro atoms. The zero-order chi connectivity index (χ0) is 18.8. The minimum Gasteiger partial charge on any atom is -0.467 e. The van der Waals surface area contributed by atoms with E-state index >= 15 is 0 Å². The molecular formula is C17H18ClFN4O3. The van der Waals surface area contributed by atoms with Crippen molar-refractivity contribution in [3.63, 3.8) is 0 Å². The Bertz CT molecular complexity index is 841. The average Bonchev–Trinajstić information content (AvgIpc) is 3.11. The normalized spacial score (nSPS) is 17.4. The van der Waals surface area contributed by atoms with E-state index < -0.39 is 29.9 Å². The van der Waals surface area contributed by atoms with Crippen molar-refractivity contribution in [3.05, 3.63) is 52.3 Å². The summed E-state index contributed by atoms with van der Waals surface area (Å²) in [5.74, 6) is -1.08. The topological polar surface area (TPSA) is 87.3 Å². The van der Waals surface area contributed by atoms with Crippen LogP contribution in [-0.4, -0.2) is 46.6 Å². The third-order valence-electron chi connectivity index (χ3n) is 4.34. The molecule has 2 heterocycles. The van der Waals surface area contributed by atoms with Crippen LogP contribution in [0.2, 0.25) is 5.02 Å². The van der Waals surface area contributed by atoms with Crippen molar-refractivity contribution in [1.82, 2.24) is 20.2 Å². The van der Waals surface area contributed by atoms with Crippen LogP contribution >= 0.6 is 11.6 Å². The second kappa shape index (κ2) is 7.33. The second-order valence-electron chi connectivity index (χ2n) is 5.98. The van der Waals surface area contributed by atoms with E-state index in [0.717, 1.165) is 5.69 Å². The minimum absolute atomic E-state index is 0.0338. The lowest BCUT2D eigenvalue weighted by molar-refractivity contribution is -0.142. The number of nitrogens with zero attached hydrogens (tertiary/aromatic N) is 2. The predicted octanol–water partition coefficient (Wildman–Crippen LogP) is 2.42. The maximum atomic E-state index is 13.6. The zero-order valence-electron chi connectivity index (χ0n) is 14.3. The van der Waals surface area contributed by atoms with E-state index in [4.69, 9.17) is 11.6 Å². The fourth-order valence-corrected chi connectivity index (χ4v) is 3.21. The maximum absolute atomic E-state index is 13.6. The molecule has 2 N–H and O–H groups in total. The second-order valence-corrected chi connectivity index (χ2v) is 6.39. The number of halogens is 2. The Morgan fingerprint density at radius 1 is 1.50 bits per heavy atom. The number of nitrogens with one attached hydrogen (secondary N) is 2. The van der Waals surface area contributed by atoms with Crippen molar-refractivity contribution in [3.8, 4) is 0 Å². The van der Waals surface area contributed by atoms with E-state index in [1.54, 1.807) is 17.3 Å². The van der Waals surface area contributed by atoms with Gasteiger partial charge >= 0.3 is 12.0 Å². The highest BCUT2D eigenvalue weighted by Crippen LogP contribution is 2.34. The van der Waals surface area contributed by atoms with Gasteiger partial charge in [-0.3, -0.25) is 0 Å². The molecule has 1 aliphatic heterocycles. The van der Waals surface area contributed by atoms with Gasteiger partial charge in [0.15, 0.2) is 0 Å². The number of esters is 1. The van der Waals surface area contributed by atoms with Crippen LogP contribution in [0.5, 0.6) is 0 Å². The molecule has 0 aliphatic carbocycles. The molecule has 0 unspecified atom stereocenters. The van der Waals surface area contributed by atoms with Crippen LogP contribution in [0.4, 0.5) is 9.18 Å². The standard InChI is InChI=1S/C17H18ClFN4O3/c1-9(16(24)26-2)22-17(25)23-6-5-13-14(21-8-20-13)15(23)10-3-4-12(19)11(18)7-10/h3-4,7-9,15H,5-6H2,1-2H3,(H,20,21)(H,22,25)/t9-,15+/m0/s1. The van der Waals surface area contributed by atoms with Gasteiger partial charge < -0.3 is 19.9 Å². The number of aromatic amines is 1. The van der Waals surface area contributed by atoms with Crippen molar-refractivity contribution in [2.24, 2.45) is 0 Å². The smallest absolute Gasteiger partial charge is 0.328 e. The van der Waals surface area contributed by atoms with E-state index in [1.807, 2.05) is 0 Å². The summed E-state index contributed by atoms with van der Waals surface area (Å²) in [7, 11) is 1.26. The molecule has 0 saturated carbocycles. The molecule has 2 aromatic rings. The van der Waals surface area contributed by atoms with Gasteiger partial charge in [0.2, 0.25) is 0 Å². The van der Waals surface area contributed by atoms with Gasteiger partial charge in [0.1, 0.15) is 17.9 Å². The molecule has 2 amide bonds. The number of hydrogen-bond donors (Lipinski definition) is 2. The summed E-state index contributed by atoms with van der Waals surface area (Å²) in [6.45, 7) is 1.94. The van der Waals surface area contributed by atoms with Crippen LogP contribution in [0.1, 0.15) is 29.9 Å². The third-order valence-corrected chi connectivity index (χ3v) is 4.63. The number of urea groups is 1. The first-order valence-electron chi connectivity index (χ1n) is 8.04. The number of H-pyrrole nitrogens is 1. The first kappa shape index (κ1) is 18.2. The highest BCUT2D eigenvalue weighted by Gasteiger charge is 2.35. The quantitative estimate of drug-likeness (QED) is 0.800. The van der Waals surface area contributed by atoms with Crippen molar-refractivity contribution in [2.75, 3.05) is 13.7 Å². The first-order chi connectivity index (χ1) is 12.4. The van der Waals surface area contributed by atoms with Crippen LogP contribution in [0, 0.1) is 5.82 Å². The lowest BCUT2D eigenvalue weighted by Crippen LogP contribution is -2.50. The van der Waals surface area contributed by atoms with Crippen molar-refractivity contribution >= 4 is 23.6 Å². The Balaban J connectivity index is 1.94. The van der Waals surface area contributed by atoms with E-state index in [1.165, 1.54) is 26.2 Å². The number of benzene rings is 1. The number of carbonyl (C=O) groups is 2. The number of hydrogen-bond acceptors (Lipinski definition) is 4. The van der Waals surface area contributed by atoms with E-state index in [0.29, 0.717) is 24.2 Å². The molecule has 7 nitrogen and oxygen atoms in total. The van der Waals surface area contributed by atoms with Gasteiger partial charge in [0.05, 0.1) is 24.2 Å². The summed E-state index contributed by atoms with van der Waals surface area (Å²) in [5.41, 5.74) is 2.20. The molecule has 1 aromatic heterocycles. The average molecular weight is 381 g/mol. The Labute approximate surface area is 154 Å². The van der Waals surface area contributed by atoms with Crippen LogP contribution in [-0.2, 0) is 16.0 Å². The monoisotopic (exact) mass is 380 g/mol. The SMILES string of the molecule is COC(=O)[C@H](C)NC(=O)N1CCc2[nH]cnc2[C@H]1c1ccc(F)c(Cl)c1. The van der Waals surface area contributed by atoms with Gasteiger partial charge in [0, 0.05) is 18.7 Å². The number of methoxy groups -OCH3 is 1. The number of ether oxygens (including phenoxy) is 1. The van der Waals surface area contributed by atoms with Crippen LogP contribution in [0.3, 0.4) is 0 Å². The lowest BCUT2D eigenvalue weighted by atomic mass is 9.96. The summed E-state index contributed by atoms with van der Waals surface area (Å²) in [6, 6.07) is 2.52. The molecule has 9 heteroatoms. The highest BCUT2D eigenvalue weighted by atomic mass is 35.5. The summed E-state index contributed by atoms with van der Waals surface area (Å²) < 4.78 is 18.2. The van der Waals surface area contributed by atoms with Gasteiger partial charge in [-0.05, 0) is 24.6 Å². The summed E-state index contributed by atoms with van der Waals surface area (Å²) in [5, 5.41) is 2.58. The van der Waals surface area contributed by atoms with Gasteiger partial charge in [0.25, 0.3) is 0 Å². The van der Waals surface area contributed by atoms with Gasteiger partial charge in [-0.2, -0.15) is 0 Å². The predicted molar refractivity (Wildman–Crippen MR) is 92.3 cm³/mol. The zero-order valence-corrected chi connectivity index (χ0v) is 15.0. The fraction of sp³-hybridized carbons (Fsp3) is 0.353. The molecule has 1 aliphatic rings. The number of aromatic nitrogens is 2. The Morgan fingerprint density at radius 3 is 2.96 bits per heavy atom. The van der Waals surface area contributed by atoms with Crippen LogP contribution in [0.25, 0.3) is 0 Å². The molecular weight excluding hydrogens is 363 g/mol. The summed E-state index contributed by atoms with van der Waals surface area (Å²) >= 11 is 5.92. The number of carbonyl (C=O) groups excluding carboxylic acids is 2. The Hall–Kier alpha value is -2.61. The Morgan fingerprint density at radius 2 is 2.27 bits per heavy atom. The fourth-order valence-electron chi connectivity index (χ4n) is 3.02. The van der Waals surface area contributed by atoms with Crippen molar-refractivity contribution in [1.29, 1.82) is 0 Å². The van der Waals surface area contributed by atoms with E-state index in [9.17, 15) is 14.0 Å². The first-order valence-corrected chi connectivity index (χ1v) is 8.42. The molecule has 0 radical (unpaired) electrons. The van der Waals surface area contributed by atoms with Gasteiger partial charge in [-0.15, -0.1) is 0 Å². The summed E-state index contributed by atoms with van der Waals surface area (Å²) in [4.78, 5) is 33.3. The molecule has 138 valence electrons. The van der Waals surface area contributed by atoms with Crippen LogP contribution in [0.15, 0.2) is 24.5 Å². The number of imidazole rings is 1. The number of fused-ring (bicyclic) bond motifs is 1. The van der Waals surface area contributed by atoms with Gasteiger partial charge in [-0.25, -0.2) is 19.0 Å². The molecule has 26 heavy (non-hydrogen) atoms. The molecule has 0 saturated heterocycles. The number of amides is 2. The highest BCUT2D eigenvalue weighted by molar-refractivity contribution is 6.30. The number of rotatable bonds is 3. The van der Waals surface area contributed by atoms with E-state index in [-0.39, 0.29) is 5.02 Å². The van der Waals surface area contributed by atoms with Gasteiger partial charge in [-0.1, -0.05) is 17.7 Å². The largest absolute Gasteiger partial charge is 0.467 e. The molecule has 1 aromatic carbocycles. The van der Waals surface area contributed by atoms with Crippen molar-refractivity contribution < 1.29 is 18.7 Å². The van der Waals surface area contributed by atoms with Crippen LogP contribution < -0.4 is 5.32 Å². The maximum Gasteiger partial charge on any atom is 0.328 e. The minimum atomic E-state index is -0.800. The van der Waals surface area contributed by atoms with E-state index in [2.05, 4.69) is 20.0 Å². The lowest BCUT2D eigenvalue weighted by Gasteiger charge is -2.35.